The van der Waals surface area contributed by atoms with Crippen molar-refractivity contribution in [1.82, 2.24) is 5.32 Å². The van der Waals surface area contributed by atoms with Crippen LogP contribution in [0.15, 0.2) is 0 Å². The lowest BCUT2D eigenvalue weighted by atomic mass is 9.91. The minimum absolute atomic E-state index is 0.113. The standard InChI is InChI=1S/C13H23NO3S/c1-3-13(4-2,12(16)17)14-11(15)9-10-5-7-18-8-6-10/h10H,3-9H2,1-2H3,(H,14,15)(H,16,17). The first-order chi connectivity index (χ1) is 8.54. The molecule has 0 aromatic carbocycles. The van der Waals surface area contributed by atoms with E-state index < -0.39 is 11.5 Å². The predicted octanol–water partition coefficient (Wildman–Crippen LogP) is 2.28. The second kappa shape index (κ2) is 7.02. The fourth-order valence-corrected chi connectivity index (χ4v) is 3.52. The number of carboxylic acids is 1. The maximum Gasteiger partial charge on any atom is 0.329 e. The SMILES string of the molecule is CCC(CC)(NC(=O)CC1CCSCC1)C(=O)O. The first-order valence-corrected chi connectivity index (χ1v) is 7.81. The highest BCUT2D eigenvalue weighted by atomic mass is 32.2. The van der Waals surface area contributed by atoms with E-state index in [4.69, 9.17) is 0 Å². The zero-order valence-electron chi connectivity index (χ0n) is 11.2. The molecular formula is C13H23NO3S. The van der Waals surface area contributed by atoms with E-state index in [2.05, 4.69) is 5.32 Å². The number of aliphatic carboxylic acids is 1. The molecule has 4 nitrogen and oxygen atoms in total. The fraction of sp³-hybridized carbons (Fsp3) is 0.846. The normalized spacial score (nSPS) is 17.4. The summed E-state index contributed by atoms with van der Waals surface area (Å²) in [5, 5.41) is 12.0. The molecule has 1 fully saturated rings. The molecule has 0 spiro atoms. The summed E-state index contributed by atoms with van der Waals surface area (Å²) < 4.78 is 0. The van der Waals surface area contributed by atoms with Gasteiger partial charge < -0.3 is 10.4 Å². The molecule has 1 aliphatic heterocycles. The molecule has 0 saturated carbocycles. The topological polar surface area (TPSA) is 66.4 Å². The largest absolute Gasteiger partial charge is 0.480 e. The lowest BCUT2D eigenvalue weighted by Gasteiger charge is -2.29. The third-order valence-electron chi connectivity index (χ3n) is 3.81. The summed E-state index contributed by atoms with van der Waals surface area (Å²) in [5.41, 5.74) is -1.08. The number of nitrogens with one attached hydrogen (secondary N) is 1. The summed E-state index contributed by atoms with van der Waals surface area (Å²) >= 11 is 1.93. The summed E-state index contributed by atoms with van der Waals surface area (Å²) in [6.45, 7) is 3.60. The molecular weight excluding hydrogens is 250 g/mol. The van der Waals surface area contributed by atoms with Gasteiger partial charge in [0, 0.05) is 6.42 Å². The molecule has 104 valence electrons. The van der Waals surface area contributed by atoms with E-state index in [1.165, 1.54) is 0 Å². The Bertz CT molecular complexity index is 297. The molecule has 1 amide bonds. The minimum Gasteiger partial charge on any atom is -0.480 e. The summed E-state index contributed by atoms with van der Waals surface area (Å²) in [5.74, 6) is 1.61. The highest BCUT2D eigenvalue weighted by molar-refractivity contribution is 7.99. The van der Waals surface area contributed by atoms with Crippen LogP contribution in [0.5, 0.6) is 0 Å². The van der Waals surface area contributed by atoms with Gasteiger partial charge in [-0.1, -0.05) is 13.8 Å². The van der Waals surface area contributed by atoms with Crippen LogP contribution in [0.4, 0.5) is 0 Å². The van der Waals surface area contributed by atoms with Gasteiger partial charge in [0.15, 0.2) is 0 Å². The highest BCUT2D eigenvalue weighted by Crippen LogP contribution is 2.25. The number of carbonyl (C=O) groups is 2. The van der Waals surface area contributed by atoms with Crippen LogP contribution in [0, 0.1) is 5.92 Å². The maximum absolute atomic E-state index is 12.0. The molecule has 1 heterocycles. The van der Waals surface area contributed by atoms with Gasteiger partial charge in [-0.2, -0.15) is 11.8 Å². The van der Waals surface area contributed by atoms with Gasteiger partial charge in [0.2, 0.25) is 5.91 Å². The Morgan fingerprint density at radius 2 is 1.83 bits per heavy atom. The van der Waals surface area contributed by atoms with Crippen molar-refractivity contribution in [2.75, 3.05) is 11.5 Å². The summed E-state index contributed by atoms with van der Waals surface area (Å²) in [4.78, 5) is 23.3. The van der Waals surface area contributed by atoms with Crippen molar-refractivity contribution in [1.29, 1.82) is 0 Å². The van der Waals surface area contributed by atoms with Gasteiger partial charge in [0.05, 0.1) is 0 Å². The number of carboxylic acid groups (broad SMARTS) is 1. The molecule has 0 radical (unpaired) electrons. The number of hydrogen-bond donors (Lipinski definition) is 2. The van der Waals surface area contributed by atoms with E-state index in [-0.39, 0.29) is 5.91 Å². The van der Waals surface area contributed by atoms with Gasteiger partial charge in [-0.25, -0.2) is 4.79 Å². The highest BCUT2D eigenvalue weighted by Gasteiger charge is 2.36. The van der Waals surface area contributed by atoms with E-state index in [0.29, 0.717) is 25.2 Å². The average Bonchev–Trinajstić information content (AvgIpc) is 2.37. The van der Waals surface area contributed by atoms with Gasteiger partial charge in [0.1, 0.15) is 5.54 Å². The maximum atomic E-state index is 12.0. The molecule has 0 aliphatic carbocycles. The van der Waals surface area contributed by atoms with E-state index in [1.807, 2.05) is 11.8 Å². The lowest BCUT2D eigenvalue weighted by molar-refractivity contribution is -0.148. The van der Waals surface area contributed by atoms with Gasteiger partial charge in [-0.05, 0) is 43.1 Å². The van der Waals surface area contributed by atoms with E-state index in [1.54, 1.807) is 13.8 Å². The van der Waals surface area contributed by atoms with Crippen molar-refractivity contribution in [3.05, 3.63) is 0 Å². The van der Waals surface area contributed by atoms with Crippen LogP contribution in [0.1, 0.15) is 46.0 Å². The van der Waals surface area contributed by atoms with Crippen LogP contribution in [0.2, 0.25) is 0 Å². The Balaban J connectivity index is 2.53. The molecule has 5 heteroatoms. The molecule has 0 aromatic rings. The summed E-state index contributed by atoms with van der Waals surface area (Å²) in [6.07, 6.45) is 3.44. The van der Waals surface area contributed by atoms with Crippen LogP contribution in [-0.2, 0) is 9.59 Å². The van der Waals surface area contributed by atoms with Crippen LogP contribution < -0.4 is 5.32 Å². The molecule has 0 bridgehead atoms. The van der Waals surface area contributed by atoms with Crippen molar-refractivity contribution >= 4 is 23.6 Å². The average molecular weight is 273 g/mol. The fourth-order valence-electron chi connectivity index (χ4n) is 2.31. The molecule has 0 atom stereocenters. The zero-order valence-corrected chi connectivity index (χ0v) is 12.0. The molecule has 1 saturated heterocycles. The smallest absolute Gasteiger partial charge is 0.329 e. The molecule has 1 aliphatic rings. The lowest BCUT2D eigenvalue weighted by Crippen LogP contribution is -2.54. The molecule has 0 aromatic heterocycles. The first-order valence-electron chi connectivity index (χ1n) is 6.66. The van der Waals surface area contributed by atoms with Crippen molar-refractivity contribution in [3.63, 3.8) is 0 Å². The van der Waals surface area contributed by atoms with Gasteiger partial charge in [0.25, 0.3) is 0 Å². The van der Waals surface area contributed by atoms with Gasteiger partial charge >= 0.3 is 5.97 Å². The molecule has 0 unspecified atom stereocenters. The van der Waals surface area contributed by atoms with Gasteiger partial charge in [-0.15, -0.1) is 0 Å². The van der Waals surface area contributed by atoms with Crippen LogP contribution in [0.25, 0.3) is 0 Å². The molecule has 2 N–H and O–H groups in total. The van der Waals surface area contributed by atoms with E-state index in [0.717, 1.165) is 24.3 Å². The zero-order chi connectivity index (χ0) is 13.6. The summed E-state index contributed by atoms with van der Waals surface area (Å²) in [7, 11) is 0. The Hall–Kier alpha value is -0.710. The molecule has 18 heavy (non-hydrogen) atoms. The van der Waals surface area contributed by atoms with E-state index >= 15 is 0 Å². The molecule has 1 rings (SSSR count). The monoisotopic (exact) mass is 273 g/mol. The second-order valence-corrected chi connectivity index (χ2v) is 6.13. The van der Waals surface area contributed by atoms with Crippen molar-refractivity contribution in [2.45, 2.75) is 51.5 Å². The number of rotatable bonds is 6. The number of thioether (sulfide) groups is 1. The Labute approximate surface area is 113 Å². The minimum atomic E-state index is -1.08. The number of hydrogen-bond acceptors (Lipinski definition) is 3. The van der Waals surface area contributed by atoms with E-state index in [9.17, 15) is 14.7 Å². The Morgan fingerprint density at radius 3 is 2.28 bits per heavy atom. The second-order valence-electron chi connectivity index (χ2n) is 4.90. The van der Waals surface area contributed by atoms with Crippen molar-refractivity contribution in [3.8, 4) is 0 Å². The first kappa shape index (κ1) is 15.3. The van der Waals surface area contributed by atoms with Gasteiger partial charge in [-0.3, -0.25) is 4.79 Å². The van der Waals surface area contributed by atoms with Crippen LogP contribution >= 0.6 is 11.8 Å². The quantitative estimate of drug-likeness (QED) is 0.779. The van der Waals surface area contributed by atoms with Crippen molar-refractivity contribution in [2.24, 2.45) is 5.92 Å². The number of amides is 1. The van der Waals surface area contributed by atoms with Crippen LogP contribution in [-0.4, -0.2) is 34.0 Å². The summed E-state index contributed by atoms with van der Waals surface area (Å²) in [6, 6.07) is 0. The predicted molar refractivity (Wildman–Crippen MR) is 73.8 cm³/mol. The van der Waals surface area contributed by atoms with Crippen molar-refractivity contribution < 1.29 is 14.7 Å². The Morgan fingerprint density at radius 1 is 1.28 bits per heavy atom. The number of carbonyl (C=O) groups excluding carboxylic acids is 1. The third-order valence-corrected chi connectivity index (χ3v) is 4.86. The van der Waals surface area contributed by atoms with Crippen LogP contribution in [0.3, 0.4) is 0 Å². The Kier molecular flexibility index (Phi) is 5.99. The third kappa shape index (κ3) is 3.90.